The molecule has 1 saturated carbocycles. The van der Waals surface area contributed by atoms with Crippen molar-refractivity contribution in [1.29, 1.82) is 0 Å². The van der Waals surface area contributed by atoms with Gasteiger partial charge >= 0.3 is 5.97 Å². The molecule has 1 aliphatic rings. The molecule has 6 nitrogen and oxygen atoms in total. The van der Waals surface area contributed by atoms with E-state index < -0.39 is 16.0 Å². The third-order valence-corrected chi connectivity index (χ3v) is 3.67. The molecular weight excluding hydrogens is 244 g/mol. The van der Waals surface area contributed by atoms with Gasteiger partial charge < -0.3 is 10.4 Å². The Morgan fingerprint density at radius 3 is 2.65 bits per heavy atom. The van der Waals surface area contributed by atoms with E-state index in [0.29, 0.717) is 19.5 Å². The first-order valence-corrected chi connectivity index (χ1v) is 7.68. The van der Waals surface area contributed by atoms with Crippen molar-refractivity contribution in [2.45, 2.75) is 31.7 Å². The Labute approximate surface area is 102 Å². The molecule has 3 N–H and O–H groups in total. The second-order valence-electron chi connectivity index (χ2n) is 4.52. The van der Waals surface area contributed by atoms with Gasteiger partial charge in [-0.2, -0.15) is 0 Å². The highest BCUT2D eigenvalue weighted by Gasteiger charge is 2.26. The van der Waals surface area contributed by atoms with E-state index in [0.717, 1.165) is 25.5 Å². The van der Waals surface area contributed by atoms with E-state index in [1.807, 2.05) is 0 Å². The van der Waals surface area contributed by atoms with Crippen molar-refractivity contribution in [3.8, 4) is 0 Å². The molecule has 0 amide bonds. The number of carbonyl (C=O) groups is 1. The quantitative estimate of drug-likeness (QED) is 0.576. The normalized spacial score (nSPS) is 25.7. The predicted octanol–water partition coefficient (Wildman–Crippen LogP) is -0.231. The van der Waals surface area contributed by atoms with Crippen molar-refractivity contribution in [3.05, 3.63) is 0 Å². The van der Waals surface area contributed by atoms with Crippen molar-refractivity contribution in [2.24, 2.45) is 5.92 Å². The summed E-state index contributed by atoms with van der Waals surface area (Å²) in [6, 6.07) is 0.186. The lowest BCUT2D eigenvalue weighted by Crippen LogP contribution is -2.40. The molecule has 0 radical (unpaired) electrons. The number of aliphatic carboxylic acids is 1. The van der Waals surface area contributed by atoms with Gasteiger partial charge in [0, 0.05) is 19.1 Å². The van der Waals surface area contributed by atoms with Crippen molar-refractivity contribution in [1.82, 2.24) is 10.0 Å². The second-order valence-corrected chi connectivity index (χ2v) is 6.35. The maximum absolute atomic E-state index is 10.8. The van der Waals surface area contributed by atoms with E-state index >= 15 is 0 Å². The standard InChI is InChI=1S/C10H20N2O4S/c1-17(15,16)12-6-5-11-9-4-2-3-8(7-9)10(13)14/h8-9,11-12H,2-7H2,1H3,(H,13,14). The largest absolute Gasteiger partial charge is 0.481 e. The monoisotopic (exact) mass is 264 g/mol. The van der Waals surface area contributed by atoms with E-state index in [1.165, 1.54) is 0 Å². The fourth-order valence-electron chi connectivity index (χ4n) is 2.11. The number of sulfonamides is 1. The molecule has 0 aromatic rings. The number of hydrogen-bond donors (Lipinski definition) is 3. The van der Waals surface area contributed by atoms with Crippen molar-refractivity contribution in [3.63, 3.8) is 0 Å². The van der Waals surface area contributed by atoms with Crippen LogP contribution in [0.2, 0.25) is 0 Å². The Morgan fingerprint density at radius 1 is 1.35 bits per heavy atom. The summed E-state index contributed by atoms with van der Waals surface area (Å²) in [7, 11) is -3.14. The smallest absolute Gasteiger partial charge is 0.306 e. The molecule has 0 aromatic carbocycles. The fourth-order valence-corrected chi connectivity index (χ4v) is 2.59. The zero-order valence-electron chi connectivity index (χ0n) is 9.98. The summed E-state index contributed by atoms with van der Waals surface area (Å²) in [5.74, 6) is -0.991. The highest BCUT2D eigenvalue weighted by molar-refractivity contribution is 7.88. The number of carboxylic acid groups (broad SMARTS) is 1. The Balaban J connectivity index is 2.21. The molecule has 0 bridgehead atoms. The van der Waals surface area contributed by atoms with Gasteiger partial charge in [0.1, 0.15) is 0 Å². The topological polar surface area (TPSA) is 95.5 Å². The summed E-state index contributed by atoms with van der Waals surface area (Å²) in [4.78, 5) is 10.8. The van der Waals surface area contributed by atoms with Crippen molar-refractivity contribution < 1.29 is 18.3 Å². The molecule has 1 fully saturated rings. The van der Waals surface area contributed by atoms with Gasteiger partial charge in [0.25, 0.3) is 0 Å². The first kappa shape index (κ1) is 14.4. The molecule has 1 rings (SSSR count). The summed E-state index contributed by atoms with van der Waals surface area (Å²) in [5.41, 5.74) is 0. The Hall–Kier alpha value is -0.660. The maximum atomic E-state index is 10.8. The van der Waals surface area contributed by atoms with Gasteiger partial charge in [-0.3, -0.25) is 4.79 Å². The highest BCUT2D eigenvalue weighted by Crippen LogP contribution is 2.24. The van der Waals surface area contributed by atoms with Crippen molar-refractivity contribution >= 4 is 16.0 Å². The molecule has 0 aliphatic heterocycles. The lowest BCUT2D eigenvalue weighted by molar-refractivity contribution is -0.143. The molecule has 100 valence electrons. The molecule has 1 aliphatic carbocycles. The highest BCUT2D eigenvalue weighted by atomic mass is 32.2. The van der Waals surface area contributed by atoms with Crippen LogP contribution in [0.15, 0.2) is 0 Å². The number of rotatable bonds is 6. The minimum atomic E-state index is -3.14. The minimum Gasteiger partial charge on any atom is -0.481 e. The number of hydrogen-bond acceptors (Lipinski definition) is 4. The average Bonchev–Trinajstić information content (AvgIpc) is 2.23. The van der Waals surface area contributed by atoms with Crippen LogP contribution >= 0.6 is 0 Å². The molecule has 0 saturated heterocycles. The minimum absolute atomic E-state index is 0.186. The van der Waals surface area contributed by atoms with Gasteiger partial charge in [-0.15, -0.1) is 0 Å². The lowest BCUT2D eigenvalue weighted by atomic mass is 9.86. The van der Waals surface area contributed by atoms with Crippen LogP contribution in [0.1, 0.15) is 25.7 Å². The van der Waals surface area contributed by atoms with Gasteiger partial charge in [-0.05, 0) is 19.3 Å². The number of carboxylic acids is 1. The van der Waals surface area contributed by atoms with Gasteiger partial charge in [-0.1, -0.05) is 6.42 Å². The van der Waals surface area contributed by atoms with Gasteiger partial charge in [-0.25, -0.2) is 13.1 Å². The van der Waals surface area contributed by atoms with Crippen LogP contribution in [-0.4, -0.2) is 44.9 Å². The molecule has 2 unspecified atom stereocenters. The van der Waals surface area contributed by atoms with Gasteiger partial charge in [0.05, 0.1) is 12.2 Å². The van der Waals surface area contributed by atoms with E-state index in [2.05, 4.69) is 10.0 Å². The first-order chi connectivity index (χ1) is 7.88. The van der Waals surface area contributed by atoms with E-state index in [4.69, 9.17) is 5.11 Å². The molecule has 0 aromatic heterocycles. The van der Waals surface area contributed by atoms with Crippen LogP contribution in [0.3, 0.4) is 0 Å². The Bertz CT molecular complexity index is 355. The Morgan fingerprint density at radius 2 is 2.06 bits per heavy atom. The zero-order valence-corrected chi connectivity index (χ0v) is 10.8. The second kappa shape index (κ2) is 6.32. The summed E-state index contributed by atoms with van der Waals surface area (Å²) in [5, 5.41) is 12.1. The SMILES string of the molecule is CS(=O)(=O)NCCNC1CCCC(C(=O)O)C1. The molecule has 2 atom stereocenters. The molecular formula is C10H20N2O4S. The van der Waals surface area contributed by atoms with Crippen molar-refractivity contribution in [2.75, 3.05) is 19.3 Å². The summed E-state index contributed by atoms with van der Waals surface area (Å²) in [6.45, 7) is 0.872. The summed E-state index contributed by atoms with van der Waals surface area (Å²) < 4.78 is 24.0. The first-order valence-electron chi connectivity index (χ1n) is 5.79. The average molecular weight is 264 g/mol. The van der Waals surface area contributed by atoms with Crippen LogP contribution in [0, 0.1) is 5.92 Å². The zero-order chi connectivity index (χ0) is 12.9. The Kier molecular flexibility index (Phi) is 5.35. The van der Waals surface area contributed by atoms with Crippen LogP contribution in [0.4, 0.5) is 0 Å². The summed E-state index contributed by atoms with van der Waals surface area (Å²) >= 11 is 0. The number of nitrogens with one attached hydrogen (secondary N) is 2. The fraction of sp³-hybridized carbons (Fsp3) is 0.900. The van der Waals surface area contributed by atoms with Crippen LogP contribution in [-0.2, 0) is 14.8 Å². The van der Waals surface area contributed by atoms with E-state index in [-0.39, 0.29) is 12.0 Å². The van der Waals surface area contributed by atoms with Gasteiger partial charge in [0.15, 0.2) is 0 Å². The van der Waals surface area contributed by atoms with Gasteiger partial charge in [0.2, 0.25) is 10.0 Å². The molecule has 7 heteroatoms. The maximum Gasteiger partial charge on any atom is 0.306 e. The van der Waals surface area contributed by atoms with E-state index in [9.17, 15) is 13.2 Å². The molecule has 17 heavy (non-hydrogen) atoms. The van der Waals surface area contributed by atoms with Crippen LogP contribution in [0.25, 0.3) is 0 Å². The third-order valence-electron chi connectivity index (χ3n) is 2.95. The molecule has 0 spiro atoms. The third kappa shape index (κ3) is 5.99. The van der Waals surface area contributed by atoms with E-state index in [1.54, 1.807) is 0 Å². The molecule has 0 heterocycles. The lowest BCUT2D eigenvalue weighted by Gasteiger charge is -2.27. The predicted molar refractivity (Wildman–Crippen MR) is 64.2 cm³/mol. The van der Waals surface area contributed by atoms with Crippen LogP contribution < -0.4 is 10.0 Å². The van der Waals surface area contributed by atoms with Crippen LogP contribution in [0.5, 0.6) is 0 Å². The summed E-state index contributed by atoms with van der Waals surface area (Å²) in [6.07, 6.45) is 4.37.